The molecule has 2 aromatic rings. The molecule has 1 amide bonds. The van der Waals surface area contributed by atoms with Crippen LogP contribution in [0.25, 0.3) is 0 Å². The monoisotopic (exact) mass is 332 g/mol. The number of Topliss-reactive ketones (excluding diaryl/α,β-unsaturated/α-hetero) is 1. The van der Waals surface area contributed by atoms with Crippen LogP contribution in [0.4, 0.5) is 5.69 Å². The summed E-state index contributed by atoms with van der Waals surface area (Å²) < 4.78 is 1.92. The first-order valence-corrected chi connectivity index (χ1v) is 8.24. The van der Waals surface area contributed by atoms with Crippen LogP contribution in [0.2, 0.25) is 0 Å². The number of ketones is 1. The van der Waals surface area contributed by atoms with Crippen LogP contribution in [0.3, 0.4) is 0 Å². The largest absolute Gasteiger partial charge is 0.325 e. The van der Waals surface area contributed by atoms with E-state index in [2.05, 4.69) is 15.5 Å². The molecule has 7 heteroatoms. The van der Waals surface area contributed by atoms with E-state index in [0.717, 1.165) is 0 Å². The van der Waals surface area contributed by atoms with Gasteiger partial charge in [0.05, 0.1) is 5.25 Å². The Bertz CT molecular complexity index is 712. The van der Waals surface area contributed by atoms with Crippen molar-refractivity contribution >= 4 is 29.1 Å². The number of nitrogens with one attached hydrogen (secondary N) is 1. The van der Waals surface area contributed by atoms with Crippen LogP contribution in [-0.2, 0) is 4.79 Å². The molecule has 23 heavy (non-hydrogen) atoms. The van der Waals surface area contributed by atoms with Crippen LogP contribution in [-0.4, -0.2) is 31.7 Å². The summed E-state index contributed by atoms with van der Waals surface area (Å²) in [6.45, 7) is 7.38. The zero-order chi connectivity index (χ0) is 17.0. The van der Waals surface area contributed by atoms with Crippen molar-refractivity contribution < 1.29 is 9.59 Å². The van der Waals surface area contributed by atoms with Gasteiger partial charge in [0.15, 0.2) is 10.9 Å². The molecule has 0 bridgehead atoms. The lowest BCUT2D eigenvalue weighted by atomic mass is 10.1. The summed E-state index contributed by atoms with van der Waals surface area (Å²) in [5, 5.41) is 11.2. The molecule has 0 aliphatic carbocycles. The lowest BCUT2D eigenvalue weighted by Gasteiger charge is -2.14. The van der Waals surface area contributed by atoms with Crippen molar-refractivity contribution in [2.45, 2.75) is 44.1 Å². The van der Waals surface area contributed by atoms with Crippen LogP contribution >= 0.6 is 11.8 Å². The molecule has 1 N–H and O–H groups in total. The summed E-state index contributed by atoms with van der Waals surface area (Å²) in [5.74, 6) is -0.178. The first kappa shape index (κ1) is 17.2. The van der Waals surface area contributed by atoms with Crippen LogP contribution < -0.4 is 5.32 Å². The number of nitrogens with zero attached hydrogens (tertiary/aromatic N) is 3. The summed E-state index contributed by atoms with van der Waals surface area (Å²) in [6.07, 6.45) is 1.66. The summed E-state index contributed by atoms with van der Waals surface area (Å²) in [6, 6.07) is 7.14. The van der Waals surface area contributed by atoms with Gasteiger partial charge in [-0.1, -0.05) is 23.9 Å². The molecule has 2 rings (SSSR count). The molecule has 1 aromatic carbocycles. The first-order valence-electron chi connectivity index (χ1n) is 7.36. The number of carbonyl (C=O) groups is 2. The fraction of sp³-hybridized carbons (Fsp3) is 0.375. The van der Waals surface area contributed by atoms with Gasteiger partial charge in [0.25, 0.3) is 0 Å². The molecule has 1 aromatic heterocycles. The SMILES string of the molecule is CC(=O)c1cccc(NC(=O)C(C)Sc2nncn2C(C)C)c1. The smallest absolute Gasteiger partial charge is 0.237 e. The first-order chi connectivity index (χ1) is 10.9. The molecular weight excluding hydrogens is 312 g/mol. The molecule has 1 heterocycles. The minimum atomic E-state index is -0.335. The average molecular weight is 332 g/mol. The molecular formula is C16H20N4O2S. The fourth-order valence-corrected chi connectivity index (χ4v) is 2.90. The number of hydrogen-bond donors (Lipinski definition) is 1. The highest BCUT2D eigenvalue weighted by Gasteiger charge is 2.19. The number of carbonyl (C=O) groups excluding carboxylic acids is 2. The van der Waals surface area contributed by atoms with Crippen LogP contribution in [0, 0.1) is 0 Å². The number of amides is 1. The zero-order valence-corrected chi connectivity index (χ0v) is 14.4. The van der Waals surface area contributed by atoms with Crippen LogP contribution in [0.15, 0.2) is 35.7 Å². The van der Waals surface area contributed by atoms with Gasteiger partial charge >= 0.3 is 0 Å². The maximum Gasteiger partial charge on any atom is 0.237 e. The van der Waals surface area contributed by atoms with E-state index in [-0.39, 0.29) is 23.0 Å². The Kier molecular flexibility index (Phi) is 5.54. The Labute approximate surface area is 139 Å². The Morgan fingerprint density at radius 3 is 2.65 bits per heavy atom. The summed E-state index contributed by atoms with van der Waals surface area (Å²) in [5.41, 5.74) is 1.18. The normalized spacial score (nSPS) is 12.2. The van der Waals surface area contributed by atoms with Gasteiger partial charge in [-0.05, 0) is 39.8 Å². The van der Waals surface area contributed by atoms with Gasteiger partial charge < -0.3 is 9.88 Å². The van der Waals surface area contributed by atoms with Crippen molar-refractivity contribution in [3.63, 3.8) is 0 Å². The molecule has 0 saturated heterocycles. The molecule has 0 spiro atoms. The van der Waals surface area contributed by atoms with Crippen LogP contribution in [0.1, 0.15) is 44.1 Å². The van der Waals surface area contributed by atoms with Gasteiger partial charge in [-0.25, -0.2) is 0 Å². The van der Waals surface area contributed by atoms with Crippen molar-refractivity contribution in [1.29, 1.82) is 0 Å². The minimum Gasteiger partial charge on any atom is -0.325 e. The molecule has 0 fully saturated rings. The van der Waals surface area contributed by atoms with Gasteiger partial charge in [0.2, 0.25) is 5.91 Å². The molecule has 6 nitrogen and oxygen atoms in total. The molecule has 0 aliphatic rings. The Morgan fingerprint density at radius 2 is 2.00 bits per heavy atom. The molecule has 0 radical (unpaired) electrons. The maximum atomic E-state index is 12.3. The number of benzene rings is 1. The molecule has 1 atom stereocenters. The quantitative estimate of drug-likeness (QED) is 0.649. The van der Waals surface area contributed by atoms with Crippen molar-refractivity contribution in [3.8, 4) is 0 Å². The number of hydrogen-bond acceptors (Lipinski definition) is 5. The summed E-state index contributed by atoms with van der Waals surface area (Å²) in [4.78, 5) is 23.7. The second kappa shape index (κ2) is 7.41. The van der Waals surface area contributed by atoms with Gasteiger partial charge in [-0.2, -0.15) is 0 Å². The van der Waals surface area contributed by atoms with Crippen LogP contribution in [0.5, 0.6) is 0 Å². The topological polar surface area (TPSA) is 76.9 Å². The lowest BCUT2D eigenvalue weighted by Crippen LogP contribution is -2.23. The van der Waals surface area contributed by atoms with Gasteiger partial charge in [-0.15, -0.1) is 10.2 Å². The van der Waals surface area contributed by atoms with Crippen molar-refractivity contribution in [2.75, 3.05) is 5.32 Å². The highest BCUT2D eigenvalue weighted by atomic mass is 32.2. The Morgan fingerprint density at radius 1 is 1.26 bits per heavy atom. The molecule has 122 valence electrons. The second-order valence-electron chi connectivity index (χ2n) is 5.50. The second-order valence-corrected chi connectivity index (χ2v) is 6.81. The molecule has 0 aliphatic heterocycles. The maximum absolute atomic E-state index is 12.3. The van der Waals surface area contributed by atoms with Crippen molar-refractivity contribution in [1.82, 2.24) is 14.8 Å². The predicted molar refractivity (Wildman–Crippen MR) is 90.8 cm³/mol. The lowest BCUT2D eigenvalue weighted by molar-refractivity contribution is -0.115. The number of rotatable bonds is 6. The Balaban J connectivity index is 2.04. The Hall–Kier alpha value is -2.15. The third-order valence-electron chi connectivity index (χ3n) is 3.28. The average Bonchev–Trinajstić information content (AvgIpc) is 2.95. The van der Waals surface area contributed by atoms with E-state index in [0.29, 0.717) is 16.4 Å². The highest BCUT2D eigenvalue weighted by molar-refractivity contribution is 8.00. The summed E-state index contributed by atoms with van der Waals surface area (Å²) >= 11 is 1.35. The zero-order valence-electron chi connectivity index (χ0n) is 13.6. The number of aromatic nitrogens is 3. The van der Waals surface area contributed by atoms with E-state index in [1.54, 1.807) is 30.6 Å². The molecule has 0 saturated carbocycles. The van der Waals surface area contributed by atoms with E-state index in [1.807, 2.05) is 25.3 Å². The molecule has 1 unspecified atom stereocenters. The third kappa shape index (κ3) is 4.41. The standard InChI is InChI=1S/C16H20N4O2S/c1-10(2)20-9-17-19-16(20)23-12(4)15(22)18-14-7-5-6-13(8-14)11(3)21/h5-10,12H,1-4H3,(H,18,22). The van der Waals surface area contributed by atoms with E-state index < -0.39 is 0 Å². The summed E-state index contributed by atoms with van der Waals surface area (Å²) in [7, 11) is 0. The van der Waals surface area contributed by atoms with E-state index in [1.165, 1.54) is 18.7 Å². The minimum absolute atomic E-state index is 0.0337. The van der Waals surface area contributed by atoms with E-state index in [9.17, 15) is 9.59 Å². The van der Waals surface area contributed by atoms with E-state index >= 15 is 0 Å². The van der Waals surface area contributed by atoms with Gasteiger partial charge in [0.1, 0.15) is 6.33 Å². The van der Waals surface area contributed by atoms with Gasteiger partial charge in [-0.3, -0.25) is 9.59 Å². The van der Waals surface area contributed by atoms with E-state index in [4.69, 9.17) is 0 Å². The van der Waals surface area contributed by atoms with Crippen molar-refractivity contribution in [2.24, 2.45) is 0 Å². The fourth-order valence-electron chi connectivity index (χ4n) is 1.94. The predicted octanol–water partition coefficient (Wildman–Crippen LogP) is 3.18. The number of thioether (sulfide) groups is 1. The van der Waals surface area contributed by atoms with Crippen molar-refractivity contribution in [3.05, 3.63) is 36.2 Å². The third-order valence-corrected chi connectivity index (χ3v) is 4.36. The number of anilines is 1. The highest BCUT2D eigenvalue weighted by Crippen LogP contribution is 2.24. The van der Waals surface area contributed by atoms with Gasteiger partial charge in [0, 0.05) is 17.3 Å².